The molecule has 0 fully saturated rings. The fourth-order valence-electron chi connectivity index (χ4n) is 2.89. The van der Waals surface area contributed by atoms with Gasteiger partial charge in [-0.05, 0) is 24.3 Å². The fraction of sp³-hybridized carbons (Fsp3) is 0. The quantitative estimate of drug-likeness (QED) is 0.588. The van der Waals surface area contributed by atoms with E-state index in [2.05, 4.69) is 9.98 Å². The smallest absolute Gasteiger partial charge is 0.255 e. The highest BCUT2D eigenvalue weighted by molar-refractivity contribution is 8.05. The molecule has 2 aromatic carbocycles. The first-order valence-electron chi connectivity index (χ1n) is 7.98. The van der Waals surface area contributed by atoms with E-state index in [4.69, 9.17) is 16.7 Å². The summed E-state index contributed by atoms with van der Waals surface area (Å²) in [5, 5.41) is 5.20. The minimum absolute atomic E-state index is 0.0621. The molecule has 10 nitrogen and oxygen atoms in total. The fourth-order valence-corrected chi connectivity index (χ4v) is 7.61. The summed E-state index contributed by atoms with van der Waals surface area (Å²) >= 11 is 5.86. The molecule has 2 N–H and O–H groups in total. The molecule has 4 rings (SSSR count). The summed E-state index contributed by atoms with van der Waals surface area (Å²) < 4.78 is 76.2. The van der Waals surface area contributed by atoms with Gasteiger partial charge in [-0.2, -0.15) is 16.8 Å². The van der Waals surface area contributed by atoms with Crippen molar-refractivity contribution >= 4 is 64.6 Å². The van der Waals surface area contributed by atoms with Gasteiger partial charge in [-0.15, -0.1) is 3.71 Å². The molecule has 0 atom stereocenters. The van der Waals surface area contributed by atoms with Crippen LogP contribution in [0.2, 0.25) is 5.02 Å². The Balaban J connectivity index is 1.95. The number of fused-ring (bicyclic) bond motifs is 2. The third kappa shape index (κ3) is 3.15. The molecule has 3 aromatic rings. The summed E-state index contributed by atoms with van der Waals surface area (Å²) in [6.45, 7) is 0. The first-order chi connectivity index (χ1) is 13.9. The van der Waals surface area contributed by atoms with Crippen molar-refractivity contribution in [1.82, 2.24) is 8.69 Å². The zero-order valence-electron chi connectivity index (χ0n) is 14.7. The Hall–Kier alpha value is -2.58. The lowest BCUT2D eigenvalue weighted by molar-refractivity contribution is 0.547. The first-order valence-corrected chi connectivity index (χ1v) is 12.8. The second-order valence-corrected chi connectivity index (χ2v) is 11.8. The monoisotopic (exact) mass is 486 g/mol. The molecule has 156 valence electrons. The van der Waals surface area contributed by atoms with Crippen LogP contribution in [-0.2, 0) is 30.1 Å². The minimum Gasteiger partial charge on any atom is -0.255 e. The molecule has 0 bridgehead atoms. The van der Waals surface area contributed by atoms with Crippen LogP contribution in [0.15, 0.2) is 68.3 Å². The third-order valence-electron chi connectivity index (χ3n) is 4.24. The number of para-hydroxylation sites is 1. The molecule has 2 heterocycles. The normalized spacial score (nSPS) is 15.9. The van der Waals surface area contributed by atoms with E-state index >= 15 is 0 Å². The van der Waals surface area contributed by atoms with Crippen LogP contribution < -0.4 is 5.14 Å². The highest BCUT2D eigenvalue weighted by Gasteiger charge is 2.40. The number of nitrogens with two attached hydrogens (primary N) is 1. The zero-order chi connectivity index (χ0) is 21.9. The molecule has 0 amide bonds. The summed E-state index contributed by atoms with van der Waals surface area (Å²) in [6, 6.07) is 9.16. The van der Waals surface area contributed by atoms with Crippen LogP contribution in [-0.4, -0.2) is 40.3 Å². The molecule has 0 saturated heterocycles. The predicted molar refractivity (Wildman–Crippen MR) is 109 cm³/mol. The van der Waals surface area contributed by atoms with Gasteiger partial charge in [0.25, 0.3) is 20.0 Å². The van der Waals surface area contributed by atoms with Crippen molar-refractivity contribution in [3.63, 3.8) is 0 Å². The average Bonchev–Trinajstić information content (AvgIpc) is 2.65. The Morgan fingerprint density at radius 2 is 1.70 bits per heavy atom. The van der Waals surface area contributed by atoms with E-state index in [0.717, 1.165) is 6.07 Å². The molecule has 30 heavy (non-hydrogen) atoms. The molecule has 0 radical (unpaired) electrons. The summed E-state index contributed by atoms with van der Waals surface area (Å²) in [6.07, 6.45) is 1.98. The van der Waals surface area contributed by atoms with E-state index in [1.165, 1.54) is 18.3 Å². The van der Waals surface area contributed by atoms with E-state index in [9.17, 15) is 25.3 Å². The van der Waals surface area contributed by atoms with Crippen LogP contribution in [0, 0.1) is 0 Å². The Morgan fingerprint density at radius 1 is 1.00 bits per heavy atom. The van der Waals surface area contributed by atoms with Crippen LogP contribution in [0.25, 0.3) is 10.9 Å². The lowest BCUT2D eigenvalue weighted by Gasteiger charge is -2.24. The minimum atomic E-state index is -4.77. The number of rotatable bonds is 3. The van der Waals surface area contributed by atoms with Crippen LogP contribution in [0.5, 0.6) is 0 Å². The van der Waals surface area contributed by atoms with Gasteiger partial charge in [-0.3, -0.25) is 4.98 Å². The Kier molecular flexibility index (Phi) is 4.63. The Morgan fingerprint density at radius 3 is 2.40 bits per heavy atom. The predicted octanol–water partition coefficient (Wildman–Crippen LogP) is 1.59. The molecule has 0 unspecified atom stereocenters. The van der Waals surface area contributed by atoms with Gasteiger partial charge >= 0.3 is 0 Å². The van der Waals surface area contributed by atoms with Crippen molar-refractivity contribution in [2.75, 3.05) is 0 Å². The van der Waals surface area contributed by atoms with Crippen molar-refractivity contribution in [2.45, 2.75) is 14.7 Å². The topological polar surface area (TPSA) is 157 Å². The van der Waals surface area contributed by atoms with Gasteiger partial charge in [0.15, 0.2) is 0 Å². The maximum atomic E-state index is 13.2. The van der Waals surface area contributed by atoms with E-state index in [1.54, 1.807) is 18.2 Å². The molecule has 1 aliphatic heterocycles. The lowest BCUT2D eigenvalue weighted by Crippen LogP contribution is -2.37. The average molecular weight is 487 g/mol. The van der Waals surface area contributed by atoms with Crippen molar-refractivity contribution in [1.29, 1.82) is 0 Å². The molecule has 0 aliphatic carbocycles. The van der Waals surface area contributed by atoms with Gasteiger partial charge in [0.05, 0.1) is 16.2 Å². The number of primary sulfonamides is 1. The van der Waals surface area contributed by atoms with Crippen LogP contribution >= 0.6 is 11.6 Å². The van der Waals surface area contributed by atoms with E-state index in [1.807, 2.05) is 0 Å². The van der Waals surface area contributed by atoms with Crippen LogP contribution in [0.3, 0.4) is 0 Å². The van der Waals surface area contributed by atoms with Gasteiger partial charge in [0.1, 0.15) is 21.0 Å². The molecule has 14 heteroatoms. The van der Waals surface area contributed by atoms with Gasteiger partial charge in [0, 0.05) is 11.6 Å². The number of benzene rings is 2. The molecular weight excluding hydrogens is 476 g/mol. The first kappa shape index (κ1) is 20.7. The zero-order valence-corrected chi connectivity index (χ0v) is 17.9. The lowest BCUT2D eigenvalue weighted by atomic mass is 10.2. The van der Waals surface area contributed by atoms with Crippen LogP contribution in [0.4, 0.5) is 5.69 Å². The summed E-state index contributed by atoms with van der Waals surface area (Å²) in [7, 11) is -13.8. The maximum absolute atomic E-state index is 13.2. The van der Waals surface area contributed by atoms with E-state index < -0.39 is 39.9 Å². The number of halogens is 1. The highest BCUT2D eigenvalue weighted by atomic mass is 35.5. The summed E-state index contributed by atoms with van der Waals surface area (Å²) in [5.74, 6) is 0. The van der Waals surface area contributed by atoms with Crippen molar-refractivity contribution in [3.05, 3.63) is 53.7 Å². The second kappa shape index (κ2) is 6.72. The van der Waals surface area contributed by atoms with Gasteiger partial charge < -0.3 is 0 Å². The maximum Gasteiger partial charge on any atom is 0.280 e. The highest BCUT2D eigenvalue weighted by Crippen LogP contribution is 2.38. The SMILES string of the molecule is NS(=O)(=O)c1cc2c(cc1Cl)N=CN(S(=O)(=O)c1cccc3cccnc13)S2(=O)=O. The summed E-state index contributed by atoms with van der Waals surface area (Å²) in [4.78, 5) is 6.16. The number of hydrogen-bond donors (Lipinski definition) is 1. The van der Waals surface area contributed by atoms with E-state index in [0.29, 0.717) is 17.8 Å². The summed E-state index contributed by atoms with van der Waals surface area (Å²) in [5.41, 5.74) is -0.161. The van der Waals surface area contributed by atoms with Gasteiger partial charge in [-0.1, -0.05) is 29.8 Å². The van der Waals surface area contributed by atoms with Gasteiger partial charge in [0.2, 0.25) is 10.0 Å². The largest absolute Gasteiger partial charge is 0.280 e. The Bertz CT molecular complexity index is 1560. The number of sulfonamides is 3. The third-order valence-corrected chi connectivity index (χ3v) is 9.69. The molecule has 1 aromatic heterocycles. The van der Waals surface area contributed by atoms with Crippen LogP contribution in [0.1, 0.15) is 0 Å². The number of nitrogens with zero attached hydrogens (tertiary/aromatic N) is 3. The number of aliphatic imine (C=N–C) groups is 1. The van der Waals surface area contributed by atoms with Crippen molar-refractivity contribution < 1.29 is 25.3 Å². The molecule has 0 saturated carbocycles. The second-order valence-electron chi connectivity index (χ2n) is 6.11. The molecular formula is C16H11ClN4O6S3. The standard InChI is InChI=1S/C16H11ClN4O6S3/c17-11-7-12-15(8-14(11)28(18,22)23)30(26,27)21(9-20-12)29(24,25)13-5-1-3-10-4-2-6-19-16(10)13/h1-9H,(H2,18,22,23). The Labute approximate surface area is 176 Å². The van der Waals surface area contributed by atoms with Crippen molar-refractivity contribution in [2.24, 2.45) is 10.1 Å². The number of hydrogen-bond acceptors (Lipinski definition) is 8. The number of pyridine rings is 1. The van der Waals surface area contributed by atoms with Crippen molar-refractivity contribution in [3.8, 4) is 0 Å². The molecule has 0 spiro atoms. The van der Waals surface area contributed by atoms with Gasteiger partial charge in [-0.25, -0.2) is 18.5 Å². The number of aromatic nitrogens is 1. The van der Waals surface area contributed by atoms with E-state index in [-0.39, 0.29) is 24.8 Å². The molecule has 1 aliphatic rings.